The molecule has 0 bridgehead atoms. The minimum atomic E-state index is -0.670. The Balaban J connectivity index is 0.00000176. The molecule has 32 heavy (non-hydrogen) atoms. The summed E-state index contributed by atoms with van der Waals surface area (Å²) in [7, 11) is 0. The van der Waals surface area contributed by atoms with Crippen LogP contribution in [0.25, 0.3) is 0 Å². The largest absolute Gasteiger partial charge is 0.462 e. The number of anilines is 1. The predicted octanol–water partition coefficient (Wildman–Crippen LogP) is 4.25. The average Bonchev–Trinajstić information content (AvgIpc) is 2.80. The number of allylic oxidation sites excluding steroid dienone is 1. The van der Waals surface area contributed by atoms with Crippen molar-refractivity contribution in [1.29, 1.82) is 0 Å². The third-order valence-corrected chi connectivity index (χ3v) is 5.12. The van der Waals surface area contributed by atoms with Gasteiger partial charge in [-0.2, -0.15) is 0 Å². The SMILES string of the molecule is C=C.CCOC(=O)C1=C(Oc2cc(N(CC)CCO)ccc2C)Cc2ccccc2C1=O. The third kappa shape index (κ3) is 5.45. The van der Waals surface area contributed by atoms with Gasteiger partial charge >= 0.3 is 5.97 Å². The molecule has 6 heteroatoms. The van der Waals surface area contributed by atoms with Crippen LogP contribution < -0.4 is 9.64 Å². The molecule has 1 N–H and O–H groups in total. The van der Waals surface area contributed by atoms with Crippen LogP contribution in [0.2, 0.25) is 0 Å². The number of esters is 1. The molecule has 0 fully saturated rings. The van der Waals surface area contributed by atoms with Crippen molar-refractivity contribution in [2.45, 2.75) is 27.2 Å². The Morgan fingerprint density at radius 2 is 1.88 bits per heavy atom. The molecule has 0 unspecified atom stereocenters. The van der Waals surface area contributed by atoms with Gasteiger partial charge in [-0.25, -0.2) is 4.79 Å². The molecule has 0 radical (unpaired) electrons. The highest BCUT2D eigenvalue weighted by Gasteiger charge is 2.33. The van der Waals surface area contributed by atoms with E-state index in [1.807, 2.05) is 49.1 Å². The number of aliphatic hydroxyl groups excluding tert-OH is 1. The van der Waals surface area contributed by atoms with Crippen molar-refractivity contribution in [2.75, 3.05) is 31.2 Å². The lowest BCUT2D eigenvalue weighted by atomic mass is 9.89. The molecule has 1 aliphatic rings. The predicted molar refractivity (Wildman–Crippen MR) is 126 cm³/mol. The van der Waals surface area contributed by atoms with Crippen LogP contribution in [-0.4, -0.2) is 43.2 Å². The molecule has 0 aliphatic heterocycles. The van der Waals surface area contributed by atoms with Crippen molar-refractivity contribution < 1.29 is 24.2 Å². The molecule has 0 saturated carbocycles. The molecule has 2 aromatic carbocycles. The van der Waals surface area contributed by atoms with E-state index >= 15 is 0 Å². The van der Waals surface area contributed by atoms with Gasteiger partial charge in [0.15, 0.2) is 0 Å². The fourth-order valence-electron chi connectivity index (χ4n) is 3.53. The maximum absolute atomic E-state index is 13.1. The lowest BCUT2D eigenvalue weighted by Gasteiger charge is -2.25. The van der Waals surface area contributed by atoms with Gasteiger partial charge in [-0.15, -0.1) is 13.2 Å². The van der Waals surface area contributed by atoms with Crippen LogP contribution in [0.5, 0.6) is 5.75 Å². The van der Waals surface area contributed by atoms with Crippen LogP contribution in [0.4, 0.5) is 5.69 Å². The van der Waals surface area contributed by atoms with E-state index in [1.54, 1.807) is 19.1 Å². The first-order valence-corrected chi connectivity index (χ1v) is 10.7. The average molecular weight is 438 g/mol. The van der Waals surface area contributed by atoms with Crippen LogP contribution >= 0.6 is 0 Å². The van der Waals surface area contributed by atoms with Crippen molar-refractivity contribution in [3.8, 4) is 5.75 Å². The number of benzene rings is 2. The molecule has 0 amide bonds. The molecular weight excluding hydrogens is 406 g/mol. The lowest BCUT2D eigenvalue weighted by molar-refractivity contribution is -0.138. The number of hydrogen-bond donors (Lipinski definition) is 1. The Morgan fingerprint density at radius 1 is 1.16 bits per heavy atom. The number of aliphatic hydroxyl groups is 1. The van der Waals surface area contributed by atoms with E-state index < -0.39 is 5.97 Å². The number of carbonyl (C=O) groups excluding carboxylic acids is 2. The summed E-state index contributed by atoms with van der Waals surface area (Å²) in [5, 5.41) is 9.31. The Hall–Kier alpha value is -3.38. The van der Waals surface area contributed by atoms with Crippen LogP contribution in [-0.2, 0) is 16.0 Å². The fraction of sp³-hybridized carbons (Fsp3) is 0.308. The van der Waals surface area contributed by atoms with E-state index in [2.05, 4.69) is 13.2 Å². The van der Waals surface area contributed by atoms with Gasteiger partial charge in [-0.3, -0.25) is 4.79 Å². The Morgan fingerprint density at radius 3 is 2.53 bits per heavy atom. The number of likely N-dealkylation sites (N-methyl/N-ethyl adjacent to an activating group) is 1. The quantitative estimate of drug-likeness (QED) is 0.378. The second-order valence-electron chi connectivity index (χ2n) is 7.04. The number of fused-ring (bicyclic) bond motifs is 1. The highest BCUT2D eigenvalue weighted by atomic mass is 16.5. The Bertz CT molecular complexity index is 995. The number of ether oxygens (including phenoxy) is 2. The van der Waals surface area contributed by atoms with Crippen LogP contribution in [0.1, 0.15) is 35.3 Å². The van der Waals surface area contributed by atoms with Gasteiger partial charge < -0.3 is 19.5 Å². The summed E-state index contributed by atoms with van der Waals surface area (Å²) in [4.78, 5) is 27.7. The van der Waals surface area contributed by atoms with Gasteiger partial charge in [0.1, 0.15) is 17.1 Å². The molecule has 170 valence electrons. The molecule has 0 spiro atoms. The molecule has 1 aliphatic carbocycles. The molecule has 6 nitrogen and oxygen atoms in total. The number of nitrogens with zero attached hydrogens (tertiary/aromatic N) is 1. The maximum Gasteiger partial charge on any atom is 0.345 e. The molecule has 0 saturated heterocycles. The van der Waals surface area contributed by atoms with Gasteiger partial charge in [0.05, 0.1) is 13.2 Å². The number of rotatable bonds is 8. The minimum absolute atomic E-state index is 0.0430. The normalized spacial score (nSPS) is 12.4. The first kappa shape index (κ1) is 24.9. The summed E-state index contributed by atoms with van der Waals surface area (Å²) in [5.41, 5.74) is 3.03. The molecule has 2 aromatic rings. The Labute approximate surface area is 189 Å². The first-order chi connectivity index (χ1) is 15.5. The number of hydrogen-bond acceptors (Lipinski definition) is 6. The zero-order valence-corrected chi connectivity index (χ0v) is 19.0. The number of carbonyl (C=O) groups is 2. The summed E-state index contributed by atoms with van der Waals surface area (Å²) < 4.78 is 11.3. The van der Waals surface area contributed by atoms with Gasteiger partial charge in [-0.05, 0) is 38.0 Å². The van der Waals surface area contributed by atoms with E-state index in [-0.39, 0.29) is 24.6 Å². The summed E-state index contributed by atoms with van der Waals surface area (Å²) in [6, 6.07) is 13.0. The fourth-order valence-corrected chi connectivity index (χ4v) is 3.53. The molecule has 0 atom stereocenters. The number of Topliss-reactive ketones (excluding diaryl/α,β-unsaturated/α-hetero) is 1. The minimum Gasteiger partial charge on any atom is -0.462 e. The van der Waals surface area contributed by atoms with Crippen molar-refractivity contribution in [3.05, 3.63) is 83.6 Å². The van der Waals surface area contributed by atoms with Crippen LogP contribution in [0.3, 0.4) is 0 Å². The monoisotopic (exact) mass is 437 g/mol. The van der Waals surface area contributed by atoms with E-state index in [0.29, 0.717) is 30.0 Å². The van der Waals surface area contributed by atoms with E-state index in [0.717, 1.165) is 23.4 Å². The van der Waals surface area contributed by atoms with Gasteiger partial charge in [0, 0.05) is 36.8 Å². The zero-order chi connectivity index (χ0) is 23.7. The van der Waals surface area contributed by atoms with Crippen LogP contribution in [0, 0.1) is 6.92 Å². The first-order valence-electron chi connectivity index (χ1n) is 10.7. The highest BCUT2D eigenvalue weighted by molar-refractivity contribution is 6.25. The van der Waals surface area contributed by atoms with Gasteiger partial charge in [-0.1, -0.05) is 30.3 Å². The summed E-state index contributed by atoms with van der Waals surface area (Å²) in [6.07, 6.45) is 0.327. The third-order valence-electron chi connectivity index (χ3n) is 5.12. The van der Waals surface area contributed by atoms with E-state index in [1.165, 1.54) is 0 Å². The summed E-state index contributed by atoms with van der Waals surface area (Å²) in [6.45, 7) is 13.1. The highest BCUT2D eigenvalue weighted by Crippen LogP contribution is 2.32. The summed E-state index contributed by atoms with van der Waals surface area (Å²) >= 11 is 0. The van der Waals surface area contributed by atoms with Crippen LogP contribution in [0.15, 0.2) is 67.0 Å². The van der Waals surface area contributed by atoms with Crippen molar-refractivity contribution >= 4 is 17.4 Å². The molecule has 3 rings (SSSR count). The number of aryl methyl sites for hydroxylation is 1. The second-order valence-corrected chi connectivity index (χ2v) is 7.04. The van der Waals surface area contributed by atoms with E-state index in [9.17, 15) is 14.7 Å². The standard InChI is InChI=1S/C24H27NO5.C2H4/c1-4-25(12-13-26)18-11-10-16(3)20(15-18)30-21-14-17-8-6-7-9-19(17)23(27)22(21)24(28)29-5-2;1-2/h6-11,15,26H,4-5,12-14H2,1-3H3;1-2H2. The second kappa shape index (κ2) is 11.9. The van der Waals surface area contributed by atoms with Crippen molar-refractivity contribution in [2.24, 2.45) is 0 Å². The van der Waals surface area contributed by atoms with Crippen molar-refractivity contribution in [3.63, 3.8) is 0 Å². The molecule has 0 aromatic heterocycles. The van der Waals surface area contributed by atoms with E-state index in [4.69, 9.17) is 9.47 Å². The molecular formula is C26H31NO5. The maximum atomic E-state index is 13.1. The van der Waals surface area contributed by atoms with Gasteiger partial charge in [0.25, 0.3) is 0 Å². The zero-order valence-electron chi connectivity index (χ0n) is 19.0. The summed E-state index contributed by atoms with van der Waals surface area (Å²) in [5.74, 6) is -0.193. The smallest absolute Gasteiger partial charge is 0.345 e. The molecule has 0 heterocycles. The number of ketones is 1. The topological polar surface area (TPSA) is 76.1 Å². The van der Waals surface area contributed by atoms with Crippen molar-refractivity contribution in [1.82, 2.24) is 0 Å². The van der Waals surface area contributed by atoms with Gasteiger partial charge in [0.2, 0.25) is 5.78 Å². The Kier molecular flexibility index (Phi) is 9.22. The lowest BCUT2D eigenvalue weighted by Crippen LogP contribution is -2.27.